The van der Waals surface area contributed by atoms with Gasteiger partial charge in [-0.2, -0.15) is 0 Å². The molecule has 3 aromatic rings. The summed E-state index contributed by atoms with van der Waals surface area (Å²) in [6.45, 7) is 7.61. The molecule has 1 atom stereocenters. The van der Waals surface area contributed by atoms with Crippen molar-refractivity contribution in [1.82, 2.24) is 24.8 Å². The van der Waals surface area contributed by atoms with E-state index < -0.39 is 0 Å². The van der Waals surface area contributed by atoms with Gasteiger partial charge in [0.1, 0.15) is 11.6 Å². The normalized spacial score (nSPS) is 17.0. The number of nitrogens with zero attached hydrogens (tertiary/aromatic N) is 5. The highest BCUT2D eigenvalue weighted by Gasteiger charge is 2.25. The van der Waals surface area contributed by atoms with Crippen LogP contribution in [0.15, 0.2) is 66.0 Å². The van der Waals surface area contributed by atoms with Crippen LogP contribution in [-0.4, -0.2) is 45.0 Å². The molecule has 0 amide bonds. The molecule has 0 saturated carbocycles. The summed E-state index contributed by atoms with van der Waals surface area (Å²) in [7, 11) is 0. The fourth-order valence-corrected chi connectivity index (χ4v) is 3.81. The Kier molecular flexibility index (Phi) is 5.89. The SMILES string of the molecule is CCNC(=NCc1ccc(-n2ccnc2C)nc1)N1CCC(c2ccccc2)C1. The summed E-state index contributed by atoms with van der Waals surface area (Å²) in [5.74, 6) is 3.37. The zero-order valence-electron chi connectivity index (χ0n) is 17.1. The molecule has 0 aliphatic carbocycles. The number of rotatable bonds is 5. The number of imidazole rings is 1. The average Bonchev–Trinajstić information content (AvgIpc) is 3.42. The first kappa shape index (κ1) is 19.2. The fraction of sp³-hybridized carbons (Fsp3) is 0.348. The lowest BCUT2D eigenvalue weighted by atomic mass is 9.99. The summed E-state index contributed by atoms with van der Waals surface area (Å²) in [6, 6.07) is 14.9. The molecule has 0 radical (unpaired) electrons. The maximum absolute atomic E-state index is 4.88. The van der Waals surface area contributed by atoms with Crippen molar-refractivity contribution in [3.8, 4) is 5.82 Å². The van der Waals surface area contributed by atoms with E-state index in [1.54, 1.807) is 6.20 Å². The Morgan fingerprint density at radius 1 is 1.17 bits per heavy atom. The van der Waals surface area contributed by atoms with E-state index >= 15 is 0 Å². The second-order valence-corrected chi connectivity index (χ2v) is 7.38. The van der Waals surface area contributed by atoms with E-state index in [9.17, 15) is 0 Å². The molecular weight excluding hydrogens is 360 g/mol. The number of likely N-dealkylation sites (tertiary alicyclic amines) is 1. The number of hydrogen-bond donors (Lipinski definition) is 1. The van der Waals surface area contributed by atoms with Crippen molar-refractivity contribution in [3.63, 3.8) is 0 Å². The Balaban J connectivity index is 1.43. The van der Waals surface area contributed by atoms with Gasteiger partial charge in [-0.25, -0.2) is 15.0 Å². The minimum Gasteiger partial charge on any atom is -0.357 e. The van der Waals surface area contributed by atoms with Crippen molar-refractivity contribution in [3.05, 3.63) is 78.0 Å². The van der Waals surface area contributed by atoms with E-state index in [0.717, 1.165) is 49.2 Å². The van der Waals surface area contributed by atoms with Crippen molar-refractivity contribution in [2.45, 2.75) is 32.7 Å². The molecule has 1 unspecified atom stereocenters. The molecule has 1 N–H and O–H groups in total. The molecule has 4 rings (SSSR count). The summed E-state index contributed by atoms with van der Waals surface area (Å²) in [6.07, 6.45) is 6.78. The second-order valence-electron chi connectivity index (χ2n) is 7.38. The van der Waals surface area contributed by atoms with Crippen LogP contribution in [0.4, 0.5) is 0 Å². The first-order valence-electron chi connectivity index (χ1n) is 10.3. The molecule has 1 saturated heterocycles. The summed E-state index contributed by atoms with van der Waals surface area (Å²) < 4.78 is 1.98. The summed E-state index contributed by atoms with van der Waals surface area (Å²) in [5.41, 5.74) is 2.51. The van der Waals surface area contributed by atoms with Gasteiger partial charge in [0.05, 0.1) is 6.54 Å². The van der Waals surface area contributed by atoms with Crippen molar-refractivity contribution in [1.29, 1.82) is 0 Å². The van der Waals surface area contributed by atoms with Crippen LogP contribution < -0.4 is 5.32 Å². The number of pyridine rings is 1. The number of aryl methyl sites for hydroxylation is 1. The lowest BCUT2D eigenvalue weighted by Crippen LogP contribution is -2.40. The number of hydrogen-bond acceptors (Lipinski definition) is 3. The Morgan fingerprint density at radius 3 is 2.72 bits per heavy atom. The standard InChI is InChI=1S/C23H28N6/c1-3-24-23(28-13-11-21(17-28)20-7-5-4-6-8-20)27-16-19-9-10-22(26-15-19)29-14-12-25-18(29)2/h4-10,12,14-15,21H,3,11,13,16-17H2,1-2H3,(H,24,27). The highest BCUT2D eigenvalue weighted by molar-refractivity contribution is 5.80. The fourth-order valence-electron chi connectivity index (χ4n) is 3.81. The zero-order chi connectivity index (χ0) is 20.1. The first-order valence-corrected chi connectivity index (χ1v) is 10.3. The lowest BCUT2D eigenvalue weighted by Gasteiger charge is -2.21. The van der Waals surface area contributed by atoms with Crippen molar-refractivity contribution >= 4 is 5.96 Å². The summed E-state index contributed by atoms with van der Waals surface area (Å²) >= 11 is 0. The summed E-state index contributed by atoms with van der Waals surface area (Å²) in [4.78, 5) is 16.1. The van der Waals surface area contributed by atoms with Crippen LogP contribution >= 0.6 is 0 Å². The van der Waals surface area contributed by atoms with Gasteiger partial charge in [0.25, 0.3) is 0 Å². The molecule has 1 aromatic carbocycles. The molecule has 0 bridgehead atoms. The topological polar surface area (TPSA) is 58.3 Å². The maximum Gasteiger partial charge on any atom is 0.194 e. The number of benzene rings is 1. The highest BCUT2D eigenvalue weighted by Crippen LogP contribution is 2.27. The van der Waals surface area contributed by atoms with Crippen LogP contribution in [0.3, 0.4) is 0 Å². The molecule has 1 aliphatic heterocycles. The third-order valence-corrected chi connectivity index (χ3v) is 5.39. The molecule has 6 heteroatoms. The van der Waals surface area contributed by atoms with Gasteiger partial charge < -0.3 is 10.2 Å². The van der Waals surface area contributed by atoms with E-state index in [2.05, 4.69) is 63.5 Å². The quantitative estimate of drug-likeness (QED) is 0.537. The first-order chi connectivity index (χ1) is 14.2. The molecule has 6 nitrogen and oxygen atoms in total. The van der Waals surface area contributed by atoms with Gasteiger partial charge in [-0.3, -0.25) is 4.57 Å². The minimum absolute atomic E-state index is 0.569. The van der Waals surface area contributed by atoms with Crippen LogP contribution in [0.2, 0.25) is 0 Å². The monoisotopic (exact) mass is 388 g/mol. The highest BCUT2D eigenvalue weighted by atomic mass is 15.3. The number of guanidine groups is 1. The van der Waals surface area contributed by atoms with E-state index in [4.69, 9.17) is 4.99 Å². The number of aromatic nitrogens is 3. The molecule has 1 aliphatic rings. The van der Waals surface area contributed by atoms with Gasteiger partial charge >= 0.3 is 0 Å². The Hall–Kier alpha value is -3.15. The molecular formula is C23H28N6. The van der Waals surface area contributed by atoms with Gasteiger partial charge in [0.2, 0.25) is 0 Å². The van der Waals surface area contributed by atoms with E-state index in [1.807, 2.05) is 30.0 Å². The van der Waals surface area contributed by atoms with Gasteiger partial charge in [0, 0.05) is 44.1 Å². The van der Waals surface area contributed by atoms with Crippen LogP contribution in [0, 0.1) is 6.92 Å². The van der Waals surface area contributed by atoms with Crippen molar-refractivity contribution < 1.29 is 0 Å². The zero-order valence-corrected chi connectivity index (χ0v) is 17.1. The van der Waals surface area contributed by atoms with E-state index in [1.165, 1.54) is 5.56 Å². The molecule has 2 aromatic heterocycles. The van der Waals surface area contributed by atoms with E-state index in [-0.39, 0.29) is 0 Å². The molecule has 29 heavy (non-hydrogen) atoms. The number of nitrogens with one attached hydrogen (secondary N) is 1. The van der Waals surface area contributed by atoms with Gasteiger partial charge in [-0.15, -0.1) is 0 Å². The smallest absolute Gasteiger partial charge is 0.194 e. The molecule has 1 fully saturated rings. The maximum atomic E-state index is 4.88. The Bertz CT molecular complexity index is 945. The van der Waals surface area contributed by atoms with Crippen molar-refractivity contribution in [2.75, 3.05) is 19.6 Å². The van der Waals surface area contributed by atoms with Crippen LogP contribution in [0.1, 0.15) is 36.2 Å². The summed E-state index contributed by atoms with van der Waals surface area (Å²) in [5, 5.41) is 3.45. The third kappa shape index (κ3) is 4.47. The Morgan fingerprint density at radius 2 is 2.03 bits per heavy atom. The van der Waals surface area contributed by atoms with E-state index in [0.29, 0.717) is 12.5 Å². The van der Waals surface area contributed by atoms with Crippen LogP contribution in [0.25, 0.3) is 5.82 Å². The second kappa shape index (κ2) is 8.90. The van der Waals surface area contributed by atoms with Crippen LogP contribution in [-0.2, 0) is 6.54 Å². The predicted octanol–water partition coefficient (Wildman–Crippen LogP) is 3.53. The minimum atomic E-state index is 0.569. The largest absolute Gasteiger partial charge is 0.357 e. The van der Waals surface area contributed by atoms with Gasteiger partial charge in [-0.1, -0.05) is 36.4 Å². The molecule has 150 valence electrons. The number of aliphatic imine (C=N–C) groups is 1. The van der Waals surface area contributed by atoms with Crippen LogP contribution in [0.5, 0.6) is 0 Å². The molecule has 0 spiro atoms. The Labute approximate surface area is 172 Å². The van der Waals surface area contributed by atoms with Crippen molar-refractivity contribution in [2.24, 2.45) is 4.99 Å². The lowest BCUT2D eigenvalue weighted by molar-refractivity contribution is 0.486. The average molecular weight is 389 g/mol. The predicted molar refractivity (Wildman–Crippen MR) is 116 cm³/mol. The molecule has 3 heterocycles. The van der Waals surface area contributed by atoms with Gasteiger partial charge in [0.15, 0.2) is 5.96 Å². The third-order valence-electron chi connectivity index (χ3n) is 5.39. The van der Waals surface area contributed by atoms with Gasteiger partial charge in [-0.05, 0) is 37.5 Å².